The highest BCUT2D eigenvalue weighted by molar-refractivity contribution is 5.74. The second-order valence-electron chi connectivity index (χ2n) is 4.84. The van der Waals surface area contributed by atoms with Crippen LogP contribution >= 0.6 is 0 Å². The molecule has 0 amide bonds. The second-order valence-corrected chi connectivity index (χ2v) is 4.84. The van der Waals surface area contributed by atoms with Gasteiger partial charge in [-0.2, -0.15) is 0 Å². The van der Waals surface area contributed by atoms with Gasteiger partial charge in [0.05, 0.1) is 19.1 Å². The lowest BCUT2D eigenvalue weighted by Crippen LogP contribution is -2.21. The SMILES string of the molecule is CCOC(=O)C1CCCC1c1cccc(CN=[N+]=[N-])n1. The average Bonchev–Trinajstić information content (AvgIpc) is 2.95. The van der Waals surface area contributed by atoms with Crippen LogP contribution in [0.15, 0.2) is 23.3 Å². The maximum atomic E-state index is 12.0. The summed E-state index contributed by atoms with van der Waals surface area (Å²) in [5.41, 5.74) is 9.98. The molecule has 1 saturated carbocycles. The highest BCUT2D eigenvalue weighted by Gasteiger charge is 2.35. The van der Waals surface area contributed by atoms with Crippen LogP contribution in [0.25, 0.3) is 10.4 Å². The molecule has 0 bridgehead atoms. The summed E-state index contributed by atoms with van der Waals surface area (Å²) in [5, 5.41) is 3.52. The lowest BCUT2D eigenvalue weighted by Gasteiger charge is -2.18. The van der Waals surface area contributed by atoms with Gasteiger partial charge in [-0.15, -0.1) is 0 Å². The molecule has 1 aromatic heterocycles. The molecule has 106 valence electrons. The molecule has 0 spiro atoms. The van der Waals surface area contributed by atoms with Crippen LogP contribution in [0.2, 0.25) is 0 Å². The Morgan fingerprint density at radius 2 is 2.40 bits per heavy atom. The predicted molar refractivity (Wildman–Crippen MR) is 73.8 cm³/mol. The summed E-state index contributed by atoms with van der Waals surface area (Å²) in [6, 6.07) is 5.65. The number of hydrogen-bond donors (Lipinski definition) is 0. The molecule has 1 fully saturated rings. The van der Waals surface area contributed by atoms with Gasteiger partial charge in [-0.05, 0) is 37.4 Å². The number of ether oxygens (including phenoxy) is 1. The minimum Gasteiger partial charge on any atom is -0.466 e. The van der Waals surface area contributed by atoms with E-state index in [0.717, 1.165) is 30.7 Å². The predicted octanol–water partition coefficient (Wildman–Crippen LogP) is 3.34. The Bertz CT molecular complexity index is 526. The molecule has 20 heavy (non-hydrogen) atoms. The molecule has 0 radical (unpaired) electrons. The van der Waals surface area contributed by atoms with E-state index in [2.05, 4.69) is 15.0 Å². The zero-order valence-corrected chi connectivity index (χ0v) is 11.5. The van der Waals surface area contributed by atoms with Crippen molar-refractivity contribution in [2.75, 3.05) is 6.61 Å². The monoisotopic (exact) mass is 274 g/mol. The number of carbonyl (C=O) groups is 1. The Labute approximate surface area is 117 Å². The molecular weight excluding hydrogens is 256 g/mol. The molecule has 2 unspecified atom stereocenters. The molecule has 1 aliphatic carbocycles. The van der Waals surface area contributed by atoms with E-state index in [1.807, 2.05) is 25.1 Å². The van der Waals surface area contributed by atoms with Crippen LogP contribution in [0.5, 0.6) is 0 Å². The van der Waals surface area contributed by atoms with Crippen molar-refractivity contribution in [3.63, 3.8) is 0 Å². The number of esters is 1. The molecule has 0 N–H and O–H groups in total. The quantitative estimate of drug-likeness (QED) is 0.357. The van der Waals surface area contributed by atoms with E-state index >= 15 is 0 Å². The van der Waals surface area contributed by atoms with Crippen LogP contribution in [-0.4, -0.2) is 17.6 Å². The molecule has 0 aliphatic heterocycles. The van der Waals surface area contributed by atoms with Gasteiger partial charge in [0.1, 0.15) is 0 Å². The van der Waals surface area contributed by atoms with Crippen molar-refractivity contribution in [1.29, 1.82) is 0 Å². The number of rotatable bonds is 5. The van der Waals surface area contributed by atoms with Gasteiger partial charge >= 0.3 is 5.97 Å². The Morgan fingerprint density at radius 1 is 1.55 bits per heavy atom. The number of aromatic nitrogens is 1. The molecular formula is C14H18N4O2. The highest BCUT2D eigenvalue weighted by atomic mass is 16.5. The largest absolute Gasteiger partial charge is 0.466 e. The Hall–Kier alpha value is -2.07. The number of hydrogen-bond acceptors (Lipinski definition) is 4. The highest BCUT2D eigenvalue weighted by Crippen LogP contribution is 2.39. The number of azide groups is 1. The molecule has 2 rings (SSSR count). The van der Waals surface area contributed by atoms with E-state index in [4.69, 9.17) is 10.3 Å². The van der Waals surface area contributed by atoms with Gasteiger partial charge in [-0.1, -0.05) is 17.6 Å². The van der Waals surface area contributed by atoms with Crippen molar-refractivity contribution < 1.29 is 9.53 Å². The van der Waals surface area contributed by atoms with Gasteiger partial charge in [-0.25, -0.2) is 0 Å². The van der Waals surface area contributed by atoms with Crippen molar-refractivity contribution in [3.05, 3.63) is 40.0 Å². The second kappa shape index (κ2) is 6.91. The Morgan fingerprint density at radius 3 is 3.15 bits per heavy atom. The maximum Gasteiger partial charge on any atom is 0.309 e. The molecule has 2 atom stereocenters. The summed E-state index contributed by atoms with van der Waals surface area (Å²) in [4.78, 5) is 19.2. The fourth-order valence-electron chi connectivity index (χ4n) is 2.74. The summed E-state index contributed by atoms with van der Waals surface area (Å²) in [7, 11) is 0. The van der Waals surface area contributed by atoms with Crippen molar-refractivity contribution in [3.8, 4) is 0 Å². The summed E-state index contributed by atoms with van der Waals surface area (Å²) in [5.74, 6) is -0.116. The van der Waals surface area contributed by atoms with E-state index in [0.29, 0.717) is 6.61 Å². The van der Waals surface area contributed by atoms with E-state index in [1.54, 1.807) is 0 Å². The Balaban J connectivity index is 2.17. The van der Waals surface area contributed by atoms with Crippen LogP contribution < -0.4 is 0 Å². The van der Waals surface area contributed by atoms with E-state index < -0.39 is 0 Å². The number of nitrogens with zero attached hydrogens (tertiary/aromatic N) is 4. The summed E-state index contributed by atoms with van der Waals surface area (Å²) < 4.78 is 5.14. The summed E-state index contributed by atoms with van der Waals surface area (Å²) >= 11 is 0. The normalized spacial score (nSPS) is 21.2. The minimum atomic E-state index is -0.128. The first-order valence-corrected chi connectivity index (χ1v) is 6.89. The van der Waals surface area contributed by atoms with E-state index in [9.17, 15) is 4.79 Å². The summed E-state index contributed by atoms with van der Waals surface area (Å²) in [6.07, 6.45) is 2.81. The number of carbonyl (C=O) groups excluding carboxylic acids is 1. The van der Waals surface area contributed by atoms with Gasteiger partial charge < -0.3 is 4.74 Å². The third-order valence-electron chi connectivity index (χ3n) is 3.61. The zero-order chi connectivity index (χ0) is 14.4. The van der Waals surface area contributed by atoms with Crippen LogP contribution in [0, 0.1) is 5.92 Å². The molecule has 1 heterocycles. The van der Waals surface area contributed by atoms with Crippen LogP contribution in [0.1, 0.15) is 43.5 Å². The first-order chi connectivity index (χ1) is 9.76. The third-order valence-corrected chi connectivity index (χ3v) is 3.61. The van der Waals surface area contributed by atoms with Gasteiger partial charge in [0.15, 0.2) is 0 Å². The maximum absolute atomic E-state index is 12.0. The van der Waals surface area contributed by atoms with Crippen molar-refractivity contribution in [2.24, 2.45) is 11.0 Å². The van der Waals surface area contributed by atoms with Crippen molar-refractivity contribution in [2.45, 2.75) is 38.6 Å². The van der Waals surface area contributed by atoms with Crippen LogP contribution in [0.4, 0.5) is 0 Å². The van der Waals surface area contributed by atoms with E-state index in [-0.39, 0.29) is 24.3 Å². The topological polar surface area (TPSA) is 88.0 Å². The average molecular weight is 274 g/mol. The minimum absolute atomic E-state index is 0.0998. The summed E-state index contributed by atoms with van der Waals surface area (Å²) in [6.45, 7) is 2.47. The zero-order valence-electron chi connectivity index (χ0n) is 11.5. The van der Waals surface area contributed by atoms with Crippen LogP contribution in [0.3, 0.4) is 0 Å². The fraction of sp³-hybridized carbons (Fsp3) is 0.571. The lowest BCUT2D eigenvalue weighted by molar-refractivity contribution is -0.148. The first kappa shape index (κ1) is 14.3. The fourth-order valence-corrected chi connectivity index (χ4v) is 2.74. The van der Waals surface area contributed by atoms with Gasteiger partial charge in [-0.3, -0.25) is 9.78 Å². The van der Waals surface area contributed by atoms with Crippen molar-refractivity contribution in [1.82, 2.24) is 4.98 Å². The molecule has 1 aliphatic rings. The van der Waals surface area contributed by atoms with Crippen LogP contribution in [-0.2, 0) is 16.1 Å². The smallest absolute Gasteiger partial charge is 0.309 e. The van der Waals surface area contributed by atoms with Crippen molar-refractivity contribution >= 4 is 5.97 Å². The molecule has 6 heteroatoms. The molecule has 0 saturated heterocycles. The van der Waals surface area contributed by atoms with Gasteiger partial charge in [0.2, 0.25) is 0 Å². The first-order valence-electron chi connectivity index (χ1n) is 6.89. The Kier molecular flexibility index (Phi) is 4.96. The van der Waals surface area contributed by atoms with Gasteiger partial charge in [0, 0.05) is 22.2 Å². The molecule has 1 aromatic rings. The van der Waals surface area contributed by atoms with E-state index in [1.165, 1.54) is 0 Å². The number of pyridine rings is 1. The lowest BCUT2D eigenvalue weighted by atomic mass is 9.92. The van der Waals surface area contributed by atoms with Gasteiger partial charge in [0.25, 0.3) is 0 Å². The third kappa shape index (κ3) is 3.27. The molecule has 0 aromatic carbocycles. The standard InChI is InChI=1S/C14H18N4O2/c1-2-20-14(19)12-7-4-6-11(12)13-8-3-5-10(17-13)9-16-18-15/h3,5,8,11-12H,2,4,6-7,9H2,1H3. The molecule has 6 nitrogen and oxygen atoms in total.